The van der Waals surface area contributed by atoms with Crippen molar-refractivity contribution >= 4 is 23.0 Å². The lowest BCUT2D eigenvalue weighted by atomic mass is 10.0. The summed E-state index contributed by atoms with van der Waals surface area (Å²) in [7, 11) is 1.73. The van der Waals surface area contributed by atoms with E-state index < -0.39 is 0 Å². The van der Waals surface area contributed by atoms with E-state index in [4.69, 9.17) is 13.5 Å². The summed E-state index contributed by atoms with van der Waals surface area (Å²) >= 11 is 1.95. The zero-order valence-corrected chi connectivity index (χ0v) is 11.0. The van der Waals surface area contributed by atoms with Crippen molar-refractivity contribution in [3.05, 3.63) is 0 Å². The Labute approximate surface area is 100 Å². The molecule has 1 fully saturated rings. The molecule has 0 aromatic heterocycles. The summed E-state index contributed by atoms with van der Waals surface area (Å²) in [5.41, 5.74) is 5.96. The van der Waals surface area contributed by atoms with Gasteiger partial charge in [0.15, 0.2) is 5.79 Å². The van der Waals surface area contributed by atoms with E-state index in [2.05, 4.69) is 0 Å². The van der Waals surface area contributed by atoms with Crippen LogP contribution in [0.5, 0.6) is 0 Å². The van der Waals surface area contributed by atoms with Crippen LogP contribution in [0.3, 0.4) is 0 Å². The van der Waals surface area contributed by atoms with E-state index in [-0.39, 0.29) is 5.79 Å². The van der Waals surface area contributed by atoms with Crippen LogP contribution in [-0.2, 0) is 7.80 Å². The maximum absolute atomic E-state index is 5.96. The largest absolute Gasteiger partial charge is 0.352 e. The van der Waals surface area contributed by atoms with E-state index in [1.165, 1.54) is 6.42 Å². The van der Waals surface area contributed by atoms with Gasteiger partial charge in [0.2, 0.25) is 0 Å². The van der Waals surface area contributed by atoms with Gasteiger partial charge in [0.25, 0.3) is 0 Å². The second-order valence-corrected chi connectivity index (χ2v) is 4.53. The number of methoxy groups -OCH3 is 1. The molecule has 0 amide bonds. The van der Waals surface area contributed by atoms with Crippen LogP contribution in [0.1, 0.15) is 44.9 Å². The second-order valence-electron chi connectivity index (χ2n) is 4.09. The van der Waals surface area contributed by atoms with Crippen molar-refractivity contribution in [3.8, 4) is 0 Å². The number of halogens is 1. The molecule has 2 atom stereocenters. The molecule has 2 unspecified atom stereocenters. The van der Waals surface area contributed by atoms with Crippen molar-refractivity contribution in [2.75, 3.05) is 7.11 Å². The highest BCUT2D eigenvalue weighted by Gasteiger charge is 2.30. The van der Waals surface area contributed by atoms with Gasteiger partial charge in [-0.2, -0.15) is 0 Å². The molecule has 1 rings (SSSR count). The fraction of sp³-hybridized carbons (Fsp3) is 1.00. The Kier molecular flexibility index (Phi) is 5.66. The Morgan fingerprint density at radius 3 is 2.50 bits per heavy atom. The van der Waals surface area contributed by atoms with E-state index in [9.17, 15) is 0 Å². The first-order valence-electron chi connectivity index (χ1n) is 5.33. The van der Waals surface area contributed by atoms with E-state index >= 15 is 0 Å². The summed E-state index contributed by atoms with van der Waals surface area (Å²) in [5, 5.41) is 0. The Bertz CT molecular complexity index is 162. The molecule has 3 nitrogen and oxygen atoms in total. The molecule has 1 aliphatic rings. The molecular formula is C10H20INO2. The molecule has 0 bridgehead atoms. The molecule has 1 aliphatic carbocycles. The van der Waals surface area contributed by atoms with Crippen molar-refractivity contribution < 1.29 is 7.80 Å². The molecule has 0 aromatic carbocycles. The fourth-order valence-electron chi connectivity index (χ4n) is 2.02. The highest BCUT2D eigenvalue weighted by molar-refractivity contribution is 14.1. The smallest absolute Gasteiger partial charge is 0.179 e. The molecule has 14 heavy (non-hydrogen) atoms. The summed E-state index contributed by atoms with van der Waals surface area (Å²) in [6, 6.07) is 0.372. The van der Waals surface area contributed by atoms with Crippen molar-refractivity contribution in [2.24, 2.45) is 5.73 Å². The maximum atomic E-state index is 5.96. The molecule has 84 valence electrons. The maximum Gasteiger partial charge on any atom is 0.179 e. The van der Waals surface area contributed by atoms with Crippen molar-refractivity contribution in [1.29, 1.82) is 0 Å². The minimum absolute atomic E-state index is 0.357. The minimum Gasteiger partial charge on any atom is -0.352 e. The molecule has 4 heteroatoms. The van der Waals surface area contributed by atoms with Crippen LogP contribution in [0, 0.1) is 0 Å². The molecule has 0 radical (unpaired) electrons. The number of ether oxygens (including phenoxy) is 1. The van der Waals surface area contributed by atoms with Gasteiger partial charge in [-0.3, -0.25) is 3.07 Å². The molecule has 0 aromatic rings. The fourth-order valence-corrected chi connectivity index (χ4v) is 2.64. The summed E-state index contributed by atoms with van der Waals surface area (Å²) in [4.78, 5) is 0. The standard InChI is InChI=1S/C10H20INO2/c1-13-10(14-11)7-3-2-5-9(12)6-4-8-10/h9H,2-8,12H2,1H3. The number of rotatable bonds is 2. The van der Waals surface area contributed by atoms with Gasteiger partial charge in [0.05, 0.1) is 0 Å². The van der Waals surface area contributed by atoms with Crippen molar-refractivity contribution in [3.63, 3.8) is 0 Å². The van der Waals surface area contributed by atoms with Crippen LogP contribution in [0.25, 0.3) is 0 Å². The van der Waals surface area contributed by atoms with Crippen molar-refractivity contribution in [1.82, 2.24) is 0 Å². The van der Waals surface area contributed by atoms with Gasteiger partial charge in [-0.1, -0.05) is 6.42 Å². The van der Waals surface area contributed by atoms with Gasteiger partial charge in [-0.25, -0.2) is 0 Å². The Hall–Kier alpha value is 0.610. The van der Waals surface area contributed by atoms with E-state index in [0.29, 0.717) is 6.04 Å². The van der Waals surface area contributed by atoms with Gasteiger partial charge in [0, 0.05) is 26.0 Å². The minimum atomic E-state index is -0.357. The Balaban J connectivity index is 2.51. The Morgan fingerprint density at radius 2 is 1.86 bits per heavy atom. The van der Waals surface area contributed by atoms with Crippen LogP contribution in [0.15, 0.2) is 0 Å². The first-order valence-corrected chi connectivity index (χ1v) is 6.21. The monoisotopic (exact) mass is 313 g/mol. The van der Waals surface area contributed by atoms with Gasteiger partial charge < -0.3 is 10.5 Å². The average Bonchev–Trinajstić information content (AvgIpc) is 2.29. The number of nitrogens with two attached hydrogens (primary N) is 1. The second kappa shape index (κ2) is 6.25. The quantitative estimate of drug-likeness (QED) is 0.630. The zero-order chi connectivity index (χ0) is 10.4. The lowest BCUT2D eigenvalue weighted by molar-refractivity contribution is -0.151. The van der Waals surface area contributed by atoms with Crippen LogP contribution < -0.4 is 5.73 Å². The van der Waals surface area contributed by atoms with Crippen LogP contribution in [0.2, 0.25) is 0 Å². The number of hydrogen-bond donors (Lipinski definition) is 1. The third-order valence-electron chi connectivity index (χ3n) is 3.03. The Morgan fingerprint density at radius 1 is 1.21 bits per heavy atom. The predicted octanol–water partition coefficient (Wildman–Crippen LogP) is 2.77. The van der Waals surface area contributed by atoms with E-state index in [0.717, 1.165) is 38.5 Å². The summed E-state index contributed by atoms with van der Waals surface area (Å²) < 4.78 is 10.9. The molecule has 0 saturated heterocycles. The van der Waals surface area contributed by atoms with Crippen LogP contribution in [0.4, 0.5) is 0 Å². The lowest BCUT2D eigenvalue weighted by Crippen LogP contribution is -2.31. The molecule has 0 aliphatic heterocycles. The van der Waals surface area contributed by atoms with E-state index in [1.807, 2.05) is 23.0 Å². The molecule has 0 heterocycles. The van der Waals surface area contributed by atoms with E-state index in [1.54, 1.807) is 7.11 Å². The lowest BCUT2D eigenvalue weighted by Gasteiger charge is -2.29. The third-order valence-corrected chi connectivity index (χ3v) is 3.83. The SMILES string of the molecule is COC1(OI)CCCCC(N)CCC1. The summed E-state index contributed by atoms with van der Waals surface area (Å²) in [5.74, 6) is -0.357. The highest BCUT2D eigenvalue weighted by Crippen LogP contribution is 2.31. The number of hydrogen-bond acceptors (Lipinski definition) is 3. The normalized spacial score (nSPS) is 35.8. The average molecular weight is 313 g/mol. The summed E-state index contributed by atoms with van der Waals surface area (Å²) in [6.45, 7) is 0. The van der Waals surface area contributed by atoms with Gasteiger partial charge in [-0.05, 0) is 25.7 Å². The molecule has 2 N–H and O–H groups in total. The van der Waals surface area contributed by atoms with Gasteiger partial charge in [0.1, 0.15) is 23.0 Å². The van der Waals surface area contributed by atoms with Crippen molar-refractivity contribution in [2.45, 2.75) is 56.8 Å². The third kappa shape index (κ3) is 3.64. The molecule has 0 spiro atoms. The van der Waals surface area contributed by atoms with Crippen LogP contribution >= 0.6 is 23.0 Å². The zero-order valence-electron chi connectivity index (χ0n) is 8.80. The highest BCUT2D eigenvalue weighted by atomic mass is 127. The molecular weight excluding hydrogens is 293 g/mol. The van der Waals surface area contributed by atoms with Gasteiger partial charge in [-0.15, -0.1) is 0 Å². The summed E-state index contributed by atoms with van der Waals surface area (Å²) in [6.07, 6.45) is 7.60. The van der Waals surface area contributed by atoms with Gasteiger partial charge >= 0.3 is 0 Å². The molecule has 1 saturated carbocycles. The van der Waals surface area contributed by atoms with Crippen LogP contribution in [-0.4, -0.2) is 18.9 Å². The topological polar surface area (TPSA) is 44.5 Å². The first kappa shape index (κ1) is 12.7. The predicted molar refractivity (Wildman–Crippen MR) is 65.1 cm³/mol. The first-order chi connectivity index (χ1) is 6.72.